The highest BCUT2D eigenvalue weighted by molar-refractivity contribution is 7.22. The summed E-state index contributed by atoms with van der Waals surface area (Å²) >= 11 is 1.32. The average molecular weight is 621 g/mol. The van der Waals surface area contributed by atoms with Crippen LogP contribution in [0.4, 0.5) is 5.13 Å². The largest absolute Gasteiger partial charge is 0.507 e. The number of carbonyl (C=O) groups is 2. The molecule has 6 rings (SSSR count). The van der Waals surface area contributed by atoms with E-state index in [1.807, 2.05) is 69.3 Å². The number of amides is 1. The predicted molar refractivity (Wildman–Crippen MR) is 175 cm³/mol. The number of Topliss-reactive ketones (excluding diaryl/α,β-unsaturated/α-hetero) is 1. The minimum atomic E-state index is -0.972. The minimum Gasteiger partial charge on any atom is -0.507 e. The number of hydrogen-bond donors (Lipinski definition) is 1. The lowest BCUT2D eigenvalue weighted by atomic mass is 9.95. The zero-order valence-electron chi connectivity index (χ0n) is 25.2. The molecule has 1 N–H and O–H groups in total. The summed E-state index contributed by atoms with van der Waals surface area (Å²) < 4.78 is 18.5. The Morgan fingerprint density at radius 1 is 0.867 bits per heavy atom. The third-order valence-electron chi connectivity index (χ3n) is 7.44. The normalized spacial score (nSPS) is 15.9. The number of benzene rings is 4. The molecule has 0 spiro atoms. The molecule has 45 heavy (non-hydrogen) atoms. The van der Waals surface area contributed by atoms with Gasteiger partial charge < -0.3 is 19.3 Å². The van der Waals surface area contributed by atoms with E-state index in [1.165, 1.54) is 16.2 Å². The summed E-state index contributed by atoms with van der Waals surface area (Å²) in [5.74, 6) is -0.262. The third-order valence-corrected chi connectivity index (χ3v) is 8.46. The first kappa shape index (κ1) is 29.9. The molecule has 228 valence electrons. The molecular weight excluding hydrogens is 588 g/mol. The van der Waals surface area contributed by atoms with Gasteiger partial charge in [-0.05, 0) is 86.0 Å². The first-order chi connectivity index (χ1) is 21.9. The number of aromatic nitrogens is 1. The van der Waals surface area contributed by atoms with Gasteiger partial charge in [0.1, 0.15) is 18.1 Å². The van der Waals surface area contributed by atoms with Crippen LogP contribution in [0.15, 0.2) is 96.6 Å². The zero-order chi connectivity index (χ0) is 31.5. The standard InChI is InChI=1S/C36H32N2O6S/c1-4-42-26-15-12-24(13-16-26)33(39)31-32(38(35(41)34(31)40)36-37-27-17-11-22(3)19-30(27)45-36)25-14-18-28(29(20-25)43-5-2)44-21-23-9-7-6-8-10-23/h6-20,32,39H,4-5,21H2,1-3H3/b33-31+. The quantitative estimate of drug-likeness (QED) is 0.0975. The lowest BCUT2D eigenvalue weighted by Crippen LogP contribution is -2.29. The highest BCUT2D eigenvalue weighted by Crippen LogP contribution is 2.46. The van der Waals surface area contributed by atoms with Crippen LogP contribution in [0.1, 0.15) is 42.1 Å². The molecule has 4 aromatic carbocycles. The molecule has 1 atom stereocenters. The molecule has 1 aliphatic rings. The lowest BCUT2D eigenvalue weighted by Gasteiger charge is -2.24. The Labute approximate surface area is 265 Å². The van der Waals surface area contributed by atoms with Gasteiger partial charge in [-0.3, -0.25) is 14.5 Å². The first-order valence-corrected chi connectivity index (χ1v) is 15.5. The molecular formula is C36H32N2O6S. The molecule has 0 aliphatic carbocycles. The van der Waals surface area contributed by atoms with E-state index in [0.717, 1.165) is 15.8 Å². The summed E-state index contributed by atoms with van der Waals surface area (Å²) in [6, 6.07) is 26.7. The molecule has 8 nitrogen and oxygen atoms in total. The molecule has 1 amide bonds. The van der Waals surface area contributed by atoms with E-state index in [0.29, 0.717) is 58.8 Å². The summed E-state index contributed by atoms with van der Waals surface area (Å²) in [4.78, 5) is 33.6. The minimum absolute atomic E-state index is 0.0417. The van der Waals surface area contributed by atoms with E-state index in [1.54, 1.807) is 42.5 Å². The molecule has 1 saturated heterocycles. The van der Waals surface area contributed by atoms with Crippen molar-refractivity contribution in [1.82, 2.24) is 4.98 Å². The fourth-order valence-electron chi connectivity index (χ4n) is 5.32. The number of aliphatic hydroxyl groups is 1. The summed E-state index contributed by atoms with van der Waals surface area (Å²) in [6.45, 7) is 6.93. The van der Waals surface area contributed by atoms with Crippen molar-refractivity contribution in [3.05, 3.63) is 119 Å². The fourth-order valence-corrected chi connectivity index (χ4v) is 6.41. The number of nitrogens with zero attached hydrogens (tertiary/aromatic N) is 2. The van der Waals surface area contributed by atoms with E-state index in [2.05, 4.69) is 0 Å². The van der Waals surface area contributed by atoms with Gasteiger partial charge in [-0.2, -0.15) is 0 Å². The smallest absolute Gasteiger partial charge is 0.301 e. The summed E-state index contributed by atoms with van der Waals surface area (Å²) in [7, 11) is 0. The van der Waals surface area contributed by atoms with E-state index >= 15 is 0 Å². The molecule has 1 aromatic heterocycles. The Hall–Kier alpha value is -5.15. The number of rotatable bonds is 10. The molecule has 9 heteroatoms. The van der Waals surface area contributed by atoms with Crippen LogP contribution in [0, 0.1) is 6.92 Å². The summed E-state index contributed by atoms with van der Waals surface area (Å²) in [5, 5.41) is 12.0. The molecule has 2 heterocycles. The van der Waals surface area contributed by atoms with Crippen molar-refractivity contribution >= 4 is 44.1 Å². The van der Waals surface area contributed by atoms with Crippen molar-refractivity contribution in [2.45, 2.75) is 33.4 Å². The average Bonchev–Trinajstić information content (AvgIpc) is 3.58. The molecule has 0 radical (unpaired) electrons. The van der Waals surface area contributed by atoms with Crippen LogP contribution in [-0.2, 0) is 16.2 Å². The highest BCUT2D eigenvalue weighted by atomic mass is 32.1. The number of aryl methyl sites for hydroxylation is 1. The van der Waals surface area contributed by atoms with Crippen molar-refractivity contribution in [1.29, 1.82) is 0 Å². The SMILES string of the molecule is CCOc1ccc(/C(O)=C2\C(=O)C(=O)N(c3nc4ccc(C)cc4s3)C2c2ccc(OCc3ccccc3)c(OCC)c2)cc1. The van der Waals surface area contributed by atoms with E-state index < -0.39 is 17.7 Å². The van der Waals surface area contributed by atoms with Gasteiger partial charge >= 0.3 is 5.91 Å². The van der Waals surface area contributed by atoms with Crippen LogP contribution in [0.5, 0.6) is 17.2 Å². The van der Waals surface area contributed by atoms with Crippen molar-refractivity contribution in [3.8, 4) is 17.2 Å². The molecule has 5 aromatic rings. The lowest BCUT2D eigenvalue weighted by molar-refractivity contribution is -0.132. The Kier molecular flexibility index (Phi) is 8.53. The van der Waals surface area contributed by atoms with Crippen molar-refractivity contribution < 1.29 is 28.9 Å². The number of fused-ring (bicyclic) bond motifs is 1. The van der Waals surface area contributed by atoms with Crippen LogP contribution in [-0.4, -0.2) is 35.0 Å². The maximum Gasteiger partial charge on any atom is 0.301 e. The van der Waals surface area contributed by atoms with Crippen molar-refractivity contribution in [2.24, 2.45) is 0 Å². The van der Waals surface area contributed by atoms with E-state index in [9.17, 15) is 14.7 Å². The number of ether oxygens (including phenoxy) is 3. The second kappa shape index (κ2) is 12.8. The summed E-state index contributed by atoms with van der Waals surface area (Å²) in [5.41, 5.74) is 3.67. The van der Waals surface area contributed by atoms with Crippen LogP contribution >= 0.6 is 11.3 Å². The molecule has 1 unspecified atom stereocenters. The molecule has 0 saturated carbocycles. The van der Waals surface area contributed by atoms with Gasteiger partial charge in [0.05, 0.1) is 35.0 Å². The number of carbonyl (C=O) groups excluding carboxylic acids is 2. The van der Waals surface area contributed by atoms with Crippen LogP contribution in [0.2, 0.25) is 0 Å². The second-order valence-corrected chi connectivity index (χ2v) is 11.5. The molecule has 1 aliphatic heterocycles. The van der Waals surface area contributed by atoms with Crippen LogP contribution in [0.25, 0.3) is 16.0 Å². The van der Waals surface area contributed by atoms with E-state index in [-0.39, 0.29) is 11.3 Å². The maximum absolute atomic E-state index is 13.8. The Bertz CT molecular complexity index is 1900. The number of anilines is 1. The number of ketones is 1. The Morgan fingerprint density at radius 2 is 1.62 bits per heavy atom. The van der Waals surface area contributed by atoms with Gasteiger partial charge in [0, 0.05) is 5.56 Å². The van der Waals surface area contributed by atoms with Gasteiger partial charge in [0.2, 0.25) is 0 Å². The van der Waals surface area contributed by atoms with E-state index in [4.69, 9.17) is 19.2 Å². The predicted octanol–water partition coefficient (Wildman–Crippen LogP) is 7.61. The van der Waals surface area contributed by atoms with Crippen LogP contribution in [0.3, 0.4) is 0 Å². The number of hydrogen-bond acceptors (Lipinski definition) is 8. The molecule has 0 bridgehead atoms. The van der Waals surface area contributed by atoms with Crippen LogP contribution < -0.4 is 19.1 Å². The van der Waals surface area contributed by atoms with Crippen molar-refractivity contribution in [2.75, 3.05) is 18.1 Å². The van der Waals surface area contributed by atoms with Gasteiger partial charge in [0.15, 0.2) is 16.6 Å². The van der Waals surface area contributed by atoms with Gasteiger partial charge in [-0.15, -0.1) is 0 Å². The monoisotopic (exact) mass is 620 g/mol. The van der Waals surface area contributed by atoms with Crippen molar-refractivity contribution in [3.63, 3.8) is 0 Å². The Morgan fingerprint density at radius 3 is 2.36 bits per heavy atom. The second-order valence-electron chi connectivity index (χ2n) is 10.5. The third kappa shape index (κ3) is 5.99. The van der Waals surface area contributed by atoms with Gasteiger partial charge in [0.25, 0.3) is 5.78 Å². The first-order valence-electron chi connectivity index (χ1n) is 14.7. The topological polar surface area (TPSA) is 98.2 Å². The fraction of sp³-hybridized carbons (Fsp3) is 0.194. The number of aliphatic hydroxyl groups excluding tert-OH is 1. The highest BCUT2D eigenvalue weighted by Gasteiger charge is 2.48. The zero-order valence-corrected chi connectivity index (χ0v) is 26.0. The van der Waals surface area contributed by atoms with Gasteiger partial charge in [-0.1, -0.05) is 53.8 Å². The molecule has 1 fully saturated rings. The Balaban J connectivity index is 1.47. The van der Waals surface area contributed by atoms with Gasteiger partial charge in [-0.25, -0.2) is 4.98 Å². The maximum atomic E-state index is 13.8. The number of thiazole rings is 1. The summed E-state index contributed by atoms with van der Waals surface area (Å²) in [6.07, 6.45) is 0.